The Balaban J connectivity index is 1.52. The van der Waals surface area contributed by atoms with Gasteiger partial charge in [0.2, 0.25) is 0 Å². The van der Waals surface area contributed by atoms with Crippen LogP contribution in [-0.2, 0) is 34.9 Å². The average Bonchev–Trinajstić information content (AvgIpc) is 3.05. The number of aromatic hydroxyl groups is 2. The number of aliphatic hydroxyl groups excluding tert-OH is 5. The van der Waals surface area contributed by atoms with Crippen LogP contribution in [0.3, 0.4) is 0 Å². The van der Waals surface area contributed by atoms with E-state index in [4.69, 9.17) is 33.2 Å². The van der Waals surface area contributed by atoms with Crippen molar-refractivity contribution < 1.29 is 73.7 Å². The summed E-state index contributed by atoms with van der Waals surface area (Å²) in [6.45, 7) is 0.733. The lowest BCUT2D eigenvalue weighted by Gasteiger charge is -2.46. The fraction of sp³-hybridized carbons (Fsp3) is 0.516. The largest absolute Gasteiger partial charge is 0.504 e. The highest BCUT2D eigenvalue weighted by Gasteiger charge is 2.52. The lowest BCUT2D eigenvalue weighted by atomic mass is 9.97. The molecule has 10 atom stereocenters. The molecular formula is C31H40O15. The lowest BCUT2D eigenvalue weighted by molar-refractivity contribution is -0.357. The minimum absolute atomic E-state index is 0.00565. The van der Waals surface area contributed by atoms with Crippen LogP contribution < -0.4 is 9.47 Å². The Morgan fingerprint density at radius 3 is 2.20 bits per heavy atom. The molecular weight excluding hydrogens is 612 g/mol. The lowest BCUT2D eigenvalue weighted by Crippen LogP contribution is -2.65. The van der Waals surface area contributed by atoms with E-state index in [2.05, 4.69) is 0 Å². The van der Waals surface area contributed by atoms with Gasteiger partial charge in [0, 0.05) is 6.08 Å². The molecule has 0 aromatic heterocycles. The maximum absolute atomic E-state index is 12.9. The van der Waals surface area contributed by atoms with Crippen LogP contribution >= 0.6 is 0 Å². The molecule has 15 nitrogen and oxygen atoms in total. The molecule has 2 fully saturated rings. The van der Waals surface area contributed by atoms with Gasteiger partial charge in [-0.05, 0) is 54.8 Å². The topological polar surface area (TPSA) is 223 Å². The molecule has 0 radical (unpaired) electrons. The summed E-state index contributed by atoms with van der Waals surface area (Å²) < 4.78 is 38.7. The van der Waals surface area contributed by atoms with Gasteiger partial charge >= 0.3 is 5.97 Å². The minimum Gasteiger partial charge on any atom is -0.504 e. The smallest absolute Gasteiger partial charge is 0.331 e. The maximum Gasteiger partial charge on any atom is 0.331 e. The van der Waals surface area contributed by atoms with Crippen LogP contribution in [0.4, 0.5) is 0 Å². The molecule has 0 amide bonds. The summed E-state index contributed by atoms with van der Waals surface area (Å²) >= 11 is 0. The predicted octanol–water partition coefficient (Wildman–Crippen LogP) is -0.410. The van der Waals surface area contributed by atoms with Gasteiger partial charge in [0.15, 0.2) is 41.7 Å². The second-order valence-electron chi connectivity index (χ2n) is 10.8. The number of methoxy groups -OCH3 is 2. The van der Waals surface area contributed by atoms with E-state index in [1.54, 1.807) is 12.1 Å². The molecule has 0 aliphatic carbocycles. The van der Waals surface area contributed by atoms with Crippen molar-refractivity contribution in [3.8, 4) is 23.0 Å². The van der Waals surface area contributed by atoms with E-state index >= 15 is 0 Å². The van der Waals surface area contributed by atoms with E-state index < -0.39 is 74.0 Å². The Morgan fingerprint density at radius 2 is 1.52 bits per heavy atom. The fourth-order valence-electron chi connectivity index (χ4n) is 5.06. The Hall–Kier alpha value is -3.51. The second-order valence-corrected chi connectivity index (χ2v) is 10.8. The molecule has 4 rings (SSSR count). The van der Waals surface area contributed by atoms with Gasteiger partial charge in [-0.2, -0.15) is 0 Å². The third kappa shape index (κ3) is 8.25. The van der Waals surface area contributed by atoms with Crippen LogP contribution in [0, 0.1) is 0 Å². The Kier molecular flexibility index (Phi) is 12.2. The molecule has 0 saturated carbocycles. The van der Waals surface area contributed by atoms with Gasteiger partial charge in [0.25, 0.3) is 0 Å². The zero-order chi connectivity index (χ0) is 33.5. The molecule has 2 aromatic rings. The molecule has 7 N–H and O–H groups in total. The number of aliphatic hydroxyl groups is 5. The van der Waals surface area contributed by atoms with Crippen molar-refractivity contribution in [1.82, 2.24) is 0 Å². The number of carbonyl (C=O) groups excluding carboxylic acids is 1. The van der Waals surface area contributed by atoms with Crippen molar-refractivity contribution >= 4 is 12.0 Å². The highest BCUT2D eigenvalue weighted by Crippen LogP contribution is 2.32. The first kappa shape index (κ1) is 35.3. The first-order valence-electron chi connectivity index (χ1n) is 14.5. The maximum atomic E-state index is 12.9. The first-order chi connectivity index (χ1) is 22.0. The molecule has 0 spiro atoms. The molecule has 0 bridgehead atoms. The third-order valence-electron chi connectivity index (χ3n) is 7.68. The van der Waals surface area contributed by atoms with E-state index in [1.807, 2.05) is 0 Å². The summed E-state index contributed by atoms with van der Waals surface area (Å²) in [7, 11) is 2.78. The summed E-state index contributed by atoms with van der Waals surface area (Å²) in [5, 5.41) is 72.1. The number of benzene rings is 2. The van der Waals surface area contributed by atoms with Crippen molar-refractivity contribution in [2.75, 3.05) is 27.4 Å². The molecule has 0 unspecified atom stereocenters. The standard InChI is InChI=1S/C31H40O15/c1-15-24(36)25(37)26(38)31(43-15)46-29-27(39)30(42-11-10-17-5-8-19(34)21(13-17)41-3)44-22(14-32)28(29)45-23(35)9-6-16-4-7-18(33)20(12-16)40-2/h4-9,12-13,15,22,24-34,36-39H,10-11,14H2,1-3H3/t15-,22-,24-,25+,26+,27+,28+,29+,30-,31+/m1/s1. The van der Waals surface area contributed by atoms with E-state index in [1.165, 1.54) is 51.5 Å². The van der Waals surface area contributed by atoms with Gasteiger partial charge in [-0.3, -0.25) is 0 Å². The minimum atomic E-state index is -1.75. The highest BCUT2D eigenvalue weighted by atomic mass is 16.7. The highest BCUT2D eigenvalue weighted by molar-refractivity contribution is 5.87. The van der Waals surface area contributed by atoms with Gasteiger partial charge in [-0.15, -0.1) is 0 Å². The monoisotopic (exact) mass is 652 g/mol. The summed E-state index contributed by atoms with van der Waals surface area (Å²) in [5.74, 6) is -0.622. The van der Waals surface area contributed by atoms with Crippen LogP contribution in [0.5, 0.6) is 23.0 Å². The van der Waals surface area contributed by atoms with E-state index in [0.717, 1.165) is 11.6 Å². The van der Waals surface area contributed by atoms with E-state index in [0.29, 0.717) is 12.0 Å². The Labute approximate surface area is 264 Å². The quantitative estimate of drug-likeness (QED) is 0.114. The molecule has 2 aliphatic heterocycles. The second kappa shape index (κ2) is 15.9. The van der Waals surface area contributed by atoms with Crippen molar-refractivity contribution in [2.24, 2.45) is 0 Å². The predicted molar refractivity (Wildman–Crippen MR) is 157 cm³/mol. The van der Waals surface area contributed by atoms with Gasteiger partial charge in [0.05, 0.1) is 33.5 Å². The molecule has 46 heavy (non-hydrogen) atoms. The Bertz CT molecular complexity index is 1340. The van der Waals surface area contributed by atoms with Crippen LogP contribution in [-0.4, -0.2) is 131 Å². The number of carbonyl (C=O) groups is 1. The fourth-order valence-corrected chi connectivity index (χ4v) is 5.06. The van der Waals surface area contributed by atoms with Crippen LogP contribution in [0.15, 0.2) is 42.5 Å². The molecule has 2 heterocycles. The summed E-state index contributed by atoms with van der Waals surface area (Å²) in [5.41, 5.74) is 1.22. The number of phenolic OH excluding ortho intramolecular Hbond substituents is 2. The van der Waals surface area contributed by atoms with Gasteiger partial charge in [-0.25, -0.2) is 4.79 Å². The zero-order valence-electron chi connectivity index (χ0n) is 25.4. The van der Waals surface area contributed by atoms with E-state index in [9.17, 15) is 40.5 Å². The summed E-state index contributed by atoms with van der Waals surface area (Å²) in [6.07, 6.45) is -12.0. The average molecular weight is 653 g/mol. The molecule has 2 saturated heterocycles. The summed E-state index contributed by atoms with van der Waals surface area (Å²) in [4.78, 5) is 12.9. The molecule has 15 heteroatoms. The number of ether oxygens (including phenoxy) is 7. The number of hydrogen-bond donors (Lipinski definition) is 7. The van der Waals surface area contributed by atoms with Crippen molar-refractivity contribution in [2.45, 2.75) is 74.8 Å². The van der Waals surface area contributed by atoms with Crippen molar-refractivity contribution in [3.63, 3.8) is 0 Å². The van der Waals surface area contributed by atoms with Crippen LogP contribution in [0.25, 0.3) is 6.08 Å². The van der Waals surface area contributed by atoms with Gasteiger partial charge in [-0.1, -0.05) is 12.1 Å². The first-order valence-corrected chi connectivity index (χ1v) is 14.5. The molecule has 2 aromatic carbocycles. The Morgan fingerprint density at radius 1 is 0.848 bits per heavy atom. The van der Waals surface area contributed by atoms with Gasteiger partial charge < -0.3 is 68.9 Å². The summed E-state index contributed by atoms with van der Waals surface area (Å²) in [6, 6.07) is 9.10. The van der Waals surface area contributed by atoms with Gasteiger partial charge in [0.1, 0.15) is 36.6 Å². The van der Waals surface area contributed by atoms with Crippen LogP contribution in [0.1, 0.15) is 18.1 Å². The SMILES string of the molecule is COc1cc(C=CC(=O)O[C@@H]2[C@@H](O[C@@H]3O[C@H](C)[C@@H](O)[C@H](O)[C@@H]3O)[C@H](O)[C@H](OCCc3ccc(O)c(OC)c3)O[C@@H]2CO)ccc1O. The number of phenols is 2. The third-order valence-corrected chi connectivity index (χ3v) is 7.68. The van der Waals surface area contributed by atoms with Crippen molar-refractivity contribution in [3.05, 3.63) is 53.6 Å². The number of hydrogen-bond acceptors (Lipinski definition) is 15. The van der Waals surface area contributed by atoms with Crippen molar-refractivity contribution in [1.29, 1.82) is 0 Å². The zero-order valence-corrected chi connectivity index (χ0v) is 25.4. The van der Waals surface area contributed by atoms with Crippen LogP contribution in [0.2, 0.25) is 0 Å². The number of rotatable bonds is 12. The molecule has 254 valence electrons. The number of esters is 1. The van der Waals surface area contributed by atoms with E-state index in [-0.39, 0.29) is 29.6 Å². The molecule has 2 aliphatic rings. The normalized spacial score (nSPS) is 31.5.